The van der Waals surface area contributed by atoms with Crippen molar-refractivity contribution in [2.75, 3.05) is 20.6 Å². The number of likely N-dealkylation sites (N-methyl/N-ethyl adjacent to an activating group) is 2. The van der Waals surface area contributed by atoms with Gasteiger partial charge in [-0.25, -0.2) is 4.90 Å². The Balaban J connectivity index is 2.52. The highest BCUT2D eigenvalue weighted by molar-refractivity contribution is 5.65. The van der Waals surface area contributed by atoms with E-state index >= 15 is 0 Å². The number of carbonyl (C=O) groups excluding carboxylic acids is 1. The zero-order valence-electron chi connectivity index (χ0n) is 7.41. The lowest BCUT2D eigenvalue weighted by Gasteiger charge is -2.19. The summed E-state index contributed by atoms with van der Waals surface area (Å²) < 4.78 is 0. The molecule has 1 heterocycles. The monoisotopic (exact) mass is 173 g/mol. The molecule has 5 heteroatoms. The molecular weight excluding hydrogens is 158 g/mol. The van der Waals surface area contributed by atoms with Crippen molar-refractivity contribution in [3.63, 3.8) is 0 Å². The molecule has 1 fully saturated rings. The lowest BCUT2D eigenvalue weighted by atomic mass is 10.2. The fourth-order valence-electron chi connectivity index (χ4n) is 1.62. The van der Waals surface area contributed by atoms with Gasteiger partial charge in [0.05, 0.1) is 19.6 Å². The van der Waals surface area contributed by atoms with E-state index in [0.717, 1.165) is 11.4 Å². The van der Waals surface area contributed by atoms with Gasteiger partial charge >= 0.3 is 0 Å². The number of carboxylic acids is 1. The van der Waals surface area contributed by atoms with Gasteiger partial charge in [-0.3, -0.25) is 5.73 Å². The first kappa shape index (κ1) is 9.44. The average molecular weight is 173 g/mol. The molecule has 1 rings (SSSR count). The molecule has 0 bridgehead atoms. The van der Waals surface area contributed by atoms with E-state index in [1.165, 1.54) is 0 Å². The smallest absolute Gasteiger partial charge is 0.198 e. The quantitative estimate of drug-likeness (QED) is 0.449. The summed E-state index contributed by atoms with van der Waals surface area (Å²) in [5.74, 6) is -1.01. The molecule has 0 saturated carbocycles. The molecule has 1 saturated heterocycles. The van der Waals surface area contributed by atoms with E-state index in [9.17, 15) is 9.90 Å². The van der Waals surface area contributed by atoms with Crippen LogP contribution in [0.3, 0.4) is 0 Å². The van der Waals surface area contributed by atoms with E-state index in [1.807, 2.05) is 19.0 Å². The first-order chi connectivity index (χ1) is 5.52. The van der Waals surface area contributed by atoms with E-state index in [-0.39, 0.29) is 18.8 Å². The van der Waals surface area contributed by atoms with Crippen LogP contribution in [0.5, 0.6) is 0 Å². The molecule has 3 atom stereocenters. The molecule has 0 aliphatic carbocycles. The zero-order chi connectivity index (χ0) is 9.30. The molecule has 0 amide bonds. The second kappa shape index (κ2) is 3.38. The normalized spacial score (nSPS) is 37.1. The van der Waals surface area contributed by atoms with Gasteiger partial charge in [-0.1, -0.05) is 0 Å². The van der Waals surface area contributed by atoms with Gasteiger partial charge in [0, 0.05) is 12.4 Å². The molecule has 70 valence electrons. The highest BCUT2D eigenvalue weighted by Gasteiger charge is 2.35. The molecule has 5 nitrogen and oxygen atoms in total. The van der Waals surface area contributed by atoms with Crippen LogP contribution in [0.15, 0.2) is 0 Å². The van der Waals surface area contributed by atoms with Gasteiger partial charge in [-0.2, -0.15) is 0 Å². The van der Waals surface area contributed by atoms with Crippen LogP contribution >= 0.6 is 0 Å². The summed E-state index contributed by atoms with van der Waals surface area (Å²) in [5, 5.41) is 10.3. The van der Waals surface area contributed by atoms with Gasteiger partial charge in [-0.05, 0) is 7.05 Å². The Bertz CT molecular complexity index is 185. The second-order valence-electron chi connectivity index (χ2n) is 3.39. The first-order valence-electron chi connectivity index (χ1n) is 4.02. The summed E-state index contributed by atoms with van der Waals surface area (Å²) in [6, 6.07) is 0.0185. The van der Waals surface area contributed by atoms with Crippen LogP contribution < -0.4 is 15.7 Å². The number of carbonyl (C=O) groups is 1. The molecule has 0 radical (unpaired) electrons. The third kappa shape index (κ3) is 1.74. The van der Waals surface area contributed by atoms with E-state index in [2.05, 4.69) is 0 Å². The Morgan fingerprint density at radius 3 is 2.75 bits per heavy atom. The molecule has 3 unspecified atom stereocenters. The molecule has 3 N–H and O–H groups in total. The van der Waals surface area contributed by atoms with Crippen LogP contribution in [0.4, 0.5) is 0 Å². The van der Waals surface area contributed by atoms with E-state index in [4.69, 9.17) is 5.73 Å². The van der Waals surface area contributed by atoms with Crippen LogP contribution in [-0.2, 0) is 4.79 Å². The number of nitrogens with one attached hydrogen (secondary N) is 1. The minimum Gasteiger partial charge on any atom is -0.550 e. The van der Waals surface area contributed by atoms with Crippen molar-refractivity contribution < 1.29 is 14.8 Å². The maximum absolute atomic E-state index is 10.3. The predicted molar refractivity (Wildman–Crippen MR) is 40.9 cm³/mol. The van der Waals surface area contributed by atoms with E-state index in [1.54, 1.807) is 0 Å². The summed E-state index contributed by atoms with van der Waals surface area (Å²) in [4.78, 5) is 13.3. The number of rotatable bonds is 2. The van der Waals surface area contributed by atoms with Crippen LogP contribution in [0.2, 0.25) is 0 Å². The van der Waals surface area contributed by atoms with Crippen LogP contribution in [0.25, 0.3) is 0 Å². The van der Waals surface area contributed by atoms with Crippen LogP contribution in [0, 0.1) is 0 Å². The number of quaternary nitrogens is 1. The third-order valence-corrected chi connectivity index (χ3v) is 2.48. The molecule has 12 heavy (non-hydrogen) atoms. The average Bonchev–Trinajstić information content (AvgIpc) is 2.17. The predicted octanol–water partition coefficient (Wildman–Crippen LogP) is -3.80. The summed E-state index contributed by atoms with van der Waals surface area (Å²) in [5.41, 5.74) is 5.76. The number of nitrogens with zero attached hydrogens (tertiary/aromatic N) is 1. The van der Waals surface area contributed by atoms with E-state index in [0.29, 0.717) is 0 Å². The first-order valence-corrected chi connectivity index (χ1v) is 4.02. The largest absolute Gasteiger partial charge is 0.550 e. The van der Waals surface area contributed by atoms with Crippen molar-refractivity contribution in [3.8, 4) is 0 Å². The van der Waals surface area contributed by atoms with Crippen molar-refractivity contribution in [2.24, 2.45) is 5.73 Å². The van der Waals surface area contributed by atoms with Gasteiger partial charge in [-0.15, -0.1) is 0 Å². The summed E-state index contributed by atoms with van der Waals surface area (Å²) in [6.45, 7) is 0.769. The maximum atomic E-state index is 10.3. The third-order valence-electron chi connectivity index (χ3n) is 2.48. The highest BCUT2D eigenvalue weighted by Crippen LogP contribution is 2.03. The Morgan fingerprint density at radius 2 is 2.42 bits per heavy atom. The molecule has 0 spiro atoms. The van der Waals surface area contributed by atoms with Gasteiger partial charge in [0.25, 0.3) is 0 Å². The Kier molecular flexibility index (Phi) is 2.66. The molecule has 0 aromatic rings. The lowest BCUT2D eigenvalue weighted by Crippen LogP contribution is -3.13. The van der Waals surface area contributed by atoms with E-state index < -0.39 is 5.97 Å². The summed E-state index contributed by atoms with van der Waals surface area (Å²) >= 11 is 0. The number of hydrogen-bond donors (Lipinski definition) is 2. The van der Waals surface area contributed by atoms with Crippen molar-refractivity contribution in [1.29, 1.82) is 0 Å². The number of carboxylic acid groups (broad SMARTS) is 1. The van der Waals surface area contributed by atoms with Crippen molar-refractivity contribution in [1.82, 2.24) is 4.90 Å². The van der Waals surface area contributed by atoms with Crippen molar-refractivity contribution >= 4 is 5.97 Å². The fourth-order valence-corrected chi connectivity index (χ4v) is 1.62. The van der Waals surface area contributed by atoms with Crippen molar-refractivity contribution in [2.45, 2.75) is 18.8 Å². The highest BCUT2D eigenvalue weighted by atomic mass is 16.4. The summed E-state index contributed by atoms with van der Waals surface area (Å²) in [7, 11) is 3.80. The Labute approximate surface area is 71.7 Å². The molecule has 1 aliphatic rings. The second-order valence-corrected chi connectivity index (χ2v) is 3.39. The Morgan fingerprint density at radius 1 is 1.83 bits per heavy atom. The Hall–Kier alpha value is -0.650. The fraction of sp³-hybridized carbons (Fsp3) is 0.857. The van der Waals surface area contributed by atoms with Gasteiger partial charge in [0.15, 0.2) is 6.29 Å². The minimum absolute atomic E-state index is 0.0185. The topological polar surface area (TPSA) is 73.8 Å². The SMILES string of the molecule is CN1C(CC(=O)[O-])C[NH+](C)C1N. The number of hydrogen-bond acceptors (Lipinski definition) is 4. The lowest BCUT2D eigenvalue weighted by molar-refractivity contribution is -0.898. The summed E-state index contributed by atoms with van der Waals surface area (Å²) in [6.07, 6.45) is -0.0176. The number of nitrogens with two attached hydrogens (primary N) is 1. The molecular formula is C7H15N3O2. The minimum atomic E-state index is -1.01. The maximum Gasteiger partial charge on any atom is 0.198 e. The standard InChI is InChI=1S/C7H15N3O2/c1-9-4-5(3-6(11)12)10(2)7(9)8/h5,7H,3-4,8H2,1-2H3,(H,11,12). The van der Waals surface area contributed by atoms with Gasteiger partial charge in [0.2, 0.25) is 0 Å². The number of aliphatic carboxylic acids is 1. The molecule has 1 aliphatic heterocycles. The van der Waals surface area contributed by atoms with Crippen LogP contribution in [0.1, 0.15) is 6.42 Å². The molecule has 0 aromatic carbocycles. The van der Waals surface area contributed by atoms with Gasteiger partial charge < -0.3 is 14.8 Å². The zero-order valence-corrected chi connectivity index (χ0v) is 7.41. The molecule has 0 aromatic heterocycles. The van der Waals surface area contributed by atoms with Crippen LogP contribution in [-0.4, -0.2) is 43.8 Å². The van der Waals surface area contributed by atoms with Crippen molar-refractivity contribution in [3.05, 3.63) is 0 Å². The van der Waals surface area contributed by atoms with Gasteiger partial charge in [0.1, 0.15) is 0 Å².